The molecular weight excluding hydrogens is 578 g/mol. The fourth-order valence-corrected chi connectivity index (χ4v) is 6.55. The number of Topliss-reactive ketones (excluding diaryl/α,β-unsaturated/α-hetero) is 1. The molecule has 12 heteroatoms. The van der Waals surface area contributed by atoms with Gasteiger partial charge < -0.3 is 4.74 Å². The molecule has 1 aliphatic heterocycles. The van der Waals surface area contributed by atoms with E-state index < -0.39 is 52.8 Å². The number of halogens is 1. The van der Waals surface area contributed by atoms with Crippen LogP contribution < -0.4 is 4.74 Å². The van der Waals surface area contributed by atoms with E-state index in [9.17, 15) is 34.1 Å². The third-order valence-corrected chi connectivity index (χ3v) is 8.72. The normalized spacial score (nSPS) is 21.9. The van der Waals surface area contributed by atoms with Crippen molar-refractivity contribution in [2.75, 3.05) is 6.54 Å². The molecule has 2 saturated carbocycles. The standard InChI is InChI=1S/C31H24ClN3O8/c32-22-9-3-18(4-10-22)28(37)33(34-29(38)26-20-1-2-21(15-20)27(26)30(34)39)16-25(36)17-7-13-24(14-8-17)43-31(40)19-5-11-23(12-6-19)35(41)42/h3-14,20-21,26-27H,1-2,15-16H2/t20-,21-,26-,27-/m0/s1. The monoisotopic (exact) mass is 601 g/mol. The van der Waals surface area contributed by atoms with Crippen molar-refractivity contribution in [1.29, 1.82) is 0 Å². The van der Waals surface area contributed by atoms with Gasteiger partial charge >= 0.3 is 5.97 Å². The average molecular weight is 602 g/mol. The molecular formula is C31H24ClN3O8. The van der Waals surface area contributed by atoms with Gasteiger partial charge in [0.1, 0.15) is 12.3 Å². The lowest BCUT2D eigenvalue weighted by Crippen LogP contribution is -2.52. The molecule has 0 spiro atoms. The van der Waals surface area contributed by atoms with E-state index >= 15 is 0 Å². The van der Waals surface area contributed by atoms with Gasteiger partial charge in [-0.2, -0.15) is 5.01 Å². The molecule has 0 aromatic heterocycles. The number of imide groups is 1. The predicted octanol–water partition coefficient (Wildman–Crippen LogP) is 4.74. The maximum atomic E-state index is 13.7. The van der Waals surface area contributed by atoms with Crippen molar-refractivity contribution in [2.24, 2.45) is 23.7 Å². The molecule has 0 N–H and O–H groups in total. The molecule has 2 aliphatic carbocycles. The van der Waals surface area contributed by atoms with Gasteiger partial charge in [0, 0.05) is 28.3 Å². The number of ketones is 1. The topological polar surface area (TPSA) is 144 Å². The number of rotatable bonds is 8. The Morgan fingerprint density at radius 3 is 1.93 bits per heavy atom. The number of hydrogen-bond acceptors (Lipinski definition) is 8. The number of amides is 3. The van der Waals surface area contributed by atoms with Crippen molar-refractivity contribution in [3.8, 4) is 5.75 Å². The molecule has 43 heavy (non-hydrogen) atoms. The molecule has 11 nitrogen and oxygen atoms in total. The Labute approximate surface area is 250 Å². The van der Waals surface area contributed by atoms with Crippen LogP contribution in [0.1, 0.15) is 50.3 Å². The highest BCUT2D eigenvalue weighted by atomic mass is 35.5. The van der Waals surface area contributed by atoms with E-state index in [0.29, 0.717) is 5.02 Å². The van der Waals surface area contributed by atoms with E-state index in [2.05, 4.69) is 0 Å². The number of benzene rings is 3. The summed E-state index contributed by atoms with van der Waals surface area (Å²) in [4.78, 5) is 76.9. The van der Waals surface area contributed by atoms with Gasteiger partial charge in [-0.25, -0.2) is 9.80 Å². The van der Waals surface area contributed by atoms with Gasteiger partial charge in [-0.15, -0.1) is 0 Å². The van der Waals surface area contributed by atoms with E-state index in [1.165, 1.54) is 72.8 Å². The second-order valence-electron chi connectivity index (χ2n) is 10.9. The molecule has 6 rings (SSSR count). The largest absolute Gasteiger partial charge is 0.423 e. The lowest BCUT2D eigenvalue weighted by atomic mass is 9.81. The quantitative estimate of drug-likeness (QED) is 0.0899. The summed E-state index contributed by atoms with van der Waals surface area (Å²) in [5.41, 5.74) is 0.242. The van der Waals surface area contributed by atoms with Crippen LogP contribution in [0.25, 0.3) is 0 Å². The van der Waals surface area contributed by atoms with Crippen molar-refractivity contribution >= 4 is 46.8 Å². The van der Waals surface area contributed by atoms with Gasteiger partial charge in [-0.05, 0) is 91.8 Å². The molecule has 218 valence electrons. The molecule has 0 unspecified atom stereocenters. The predicted molar refractivity (Wildman–Crippen MR) is 151 cm³/mol. The van der Waals surface area contributed by atoms with E-state index in [0.717, 1.165) is 29.3 Å². The zero-order valence-corrected chi connectivity index (χ0v) is 23.3. The molecule has 3 aromatic rings. The van der Waals surface area contributed by atoms with Crippen LogP contribution in [0.3, 0.4) is 0 Å². The molecule has 3 fully saturated rings. The minimum Gasteiger partial charge on any atom is -0.423 e. The summed E-state index contributed by atoms with van der Waals surface area (Å²) in [6.45, 7) is -0.574. The lowest BCUT2D eigenvalue weighted by Gasteiger charge is -2.30. The van der Waals surface area contributed by atoms with E-state index in [-0.39, 0.29) is 40.0 Å². The number of carbonyl (C=O) groups excluding carboxylic acids is 5. The van der Waals surface area contributed by atoms with Gasteiger partial charge in [0.2, 0.25) is 0 Å². The van der Waals surface area contributed by atoms with Crippen LogP contribution in [-0.2, 0) is 9.59 Å². The number of nitro groups is 1. The molecule has 3 aliphatic rings. The molecule has 0 radical (unpaired) electrons. The van der Waals surface area contributed by atoms with E-state index in [1.54, 1.807) is 0 Å². The number of ether oxygens (including phenoxy) is 1. The van der Waals surface area contributed by atoms with E-state index in [1.807, 2.05) is 0 Å². The minimum absolute atomic E-state index is 0.0975. The first-order valence-electron chi connectivity index (χ1n) is 13.7. The van der Waals surface area contributed by atoms with Crippen molar-refractivity contribution in [3.05, 3.63) is 105 Å². The Hall–Kier alpha value is -4.90. The van der Waals surface area contributed by atoms with Crippen LogP contribution in [0.4, 0.5) is 5.69 Å². The van der Waals surface area contributed by atoms with Gasteiger partial charge in [-0.1, -0.05) is 11.6 Å². The van der Waals surface area contributed by atoms with E-state index in [4.69, 9.17) is 16.3 Å². The lowest BCUT2D eigenvalue weighted by molar-refractivity contribution is -0.384. The molecule has 1 saturated heterocycles. The molecule has 4 atom stereocenters. The minimum atomic E-state index is -0.751. The number of hydrogen-bond donors (Lipinski definition) is 0. The summed E-state index contributed by atoms with van der Waals surface area (Å²) in [7, 11) is 0. The Bertz CT molecular complexity index is 1630. The summed E-state index contributed by atoms with van der Waals surface area (Å²) >= 11 is 5.98. The molecule has 1 heterocycles. The van der Waals surface area contributed by atoms with Crippen LogP contribution >= 0.6 is 11.6 Å². The number of nitrogens with zero attached hydrogens (tertiary/aromatic N) is 3. The second-order valence-corrected chi connectivity index (χ2v) is 11.3. The third-order valence-electron chi connectivity index (χ3n) is 8.47. The highest BCUT2D eigenvalue weighted by Crippen LogP contribution is 2.56. The average Bonchev–Trinajstić information content (AvgIpc) is 3.70. The zero-order valence-electron chi connectivity index (χ0n) is 22.6. The van der Waals surface area contributed by atoms with Crippen LogP contribution in [0.15, 0.2) is 72.8 Å². The van der Waals surface area contributed by atoms with Crippen LogP contribution in [0, 0.1) is 33.8 Å². The number of nitro benzene ring substituents is 1. The van der Waals surface area contributed by atoms with Gasteiger partial charge in [0.15, 0.2) is 5.78 Å². The smallest absolute Gasteiger partial charge is 0.343 e. The fourth-order valence-electron chi connectivity index (χ4n) is 6.43. The number of hydrazine groups is 1. The first-order valence-corrected chi connectivity index (χ1v) is 14.0. The summed E-state index contributed by atoms with van der Waals surface area (Å²) in [5.74, 6) is -3.54. The summed E-state index contributed by atoms with van der Waals surface area (Å²) in [6, 6.07) is 16.4. The Morgan fingerprint density at radius 2 is 1.37 bits per heavy atom. The maximum Gasteiger partial charge on any atom is 0.343 e. The SMILES string of the molecule is O=C(CN(C(=O)c1ccc(Cl)cc1)N1C(=O)[C@H]2[C@H]3CC[C@@H](C3)[C@@H]2C1=O)c1ccc(OC(=O)c2ccc([N+](=O)[O-])cc2)cc1. The Morgan fingerprint density at radius 1 is 0.837 bits per heavy atom. The second kappa shape index (κ2) is 11.1. The first kappa shape index (κ1) is 28.2. The van der Waals surface area contributed by atoms with Crippen LogP contribution in [-0.4, -0.2) is 51.0 Å². The third kappa shape index (κ3) is 5.16. The van der Waals surface area contributed by atoms with Gasteiger partial charge in [0.25, 0.3) is 23.4 Å². The zero-order chi connectivity index (χ0) is 30.4. The molecule has 3 aromatic carbocycles. The fraction of sp³-hybridized carbons (Fsp3) is 0.258. The molecule has 3 amide bonds. The maximum absolute atomic E-state index is 13.7. The first-order chi connectivity index (χ1) is 20.6. The highest BCUT2D eigenvalue weighted by molar-refractivity contribution is 6.30. The highest BCUT2D eigenvalue weighted by Gasteiger charge is 2.62. The van der Waals surface area contributed by atoms with Crippen LogP contribution in [0.2, 0.25) is 5.02 Å². The van der Waals surface area contributed by atoms with Crippen molar-refractivity contribution < 1.29 is 33.6 Å². The van der Waals surface area contributed by atoms with Crippen LogP contribution in [0.5, 0.6) is 5.75 Å². The summed E-state index contributed by atoms with van der Waals surface area (Å²) < 4.78 is 5.31. The number of fused-ring (bicyclic) bond motifs is 5. The number of non-ortho nitro benzene ring substituents is 1. The van der Waals surface area contributed by atoms with Crippen molar-refractivity contribution in [3.63, 3.8) is 0 Å². The molecule has 2 bridgehead atoms. The van der Waals surface area contributed by atoms with Crippen molar-refractivity contribution in [1.82, 2.24) is 10.0 Å². The Kier molecular flexibility index (Phi) is 7.26. The number of carbonyl (C=O) groups is 5. The summed E-state index contributed by atoms with van der Waals surface area (Å²) in [6.07, 6.45) is 2.56. The van der Waals surface area contributed by atoms with Gasteiger partial charge in [-0.3, -0.25) is 29.3 Å². The number of esters is 1. The Balaban J connectivity index is 1.21. The summed E-state index contributed by atoms with van der Waals surface area (Å²) in [5, 5.41) is 13.0. The van der Waals surface area contributed by atoms with Gasteiger partial charge in [0.05, 0.1) is 22.3 Å². The van der Waals surface area contributed by atoms with Crippen molar-refractivity contribution in [2.45, 2.75) is 19.3 Å².